The van der Waals surface area contributed by atoms with E-state index in [1.807, 2.05) is 0 Å². The van der Waals surface area contributed by atoms with Gasteiger partial charge in [0.25, 0.3) is 6.45 Å². The Morgan fingerprint density at radius 1 is 1.20 bits per heavy atom. The van der Waals surface area contributed by atoms with Gasteiger partial charge in [0.2, 0.25) is 29.9 Å². The van der Waals surface area contributed by atoms with E-state index >= 15 is 0 Å². The Balaban J connectivity index is 0.00000768. The molecule has 0 bridgehead atoms. The first-order valence-electron chi connectivity index (χ1n) is 14.4. The number of ether oxygens (including phenoxy) is 3. The smallest absolute Gasteiger partial charge is 0.335 e. The molecule has 4 amide bonds. The summed E-state index contributed by atoms with van der Waals surface area (Å²) in [5.74, 6) is -4.93. The van der Waals surface area contributed by atoms with Gasteiger partial charge in [-0.3, -0.25) is 28.9 Å². The summed E-state index contributed by atoms with van der Waals surface area (Å²) in [6.45, 7) is 4.46. The van der Waals surface area contributed by atoms with E-state index in [0.29, 0.717) is 0 Å². The molecule has 2 saturated heterocycles. The Hall–Kier alpha value is -3.11. The van der Waals surface area contributed by atoms with Gasteiger partial charge in [0.1, 0.15) is 36.7 Å². The van der Waals surface area contributed by atoms with Crippen LogP contribution in [0.4, 0.5) is 5.69 Å². The van der Waals surface area contributed by atoms with E-state index in [2.05, 4.69) is 15.4 Å². The summed E-state index contributed by atoms with van der Waals surface area (Å²) >= 11 is 0. The maximum atomic E-state index is 12.9. The van der Waals surface area contributed by atoms with E-state index in [1.165, 1.54) is 18.2 Å². The zero-order chi connectivity index (χ0) is 34.5. The molecule has 252 valence electrons. The molecule has 2 aliphatic heterocycles. The third-order valence-corrected chi connectivity index (χ3v) is 7.39. The topological polar surface area (TPSA) is 264 Å². The second kappa shape index (κ2) is 16.6. The van der Waals surface area contributed by atoms with Crippen molar-refractivity contribution >= 4 is 41.7 Å². The van der Waals surface area contributed by atoms with Crippen LogP contribution >= 0.6 is 0 Å². The summed E-state index contributed by atoms with van der Waals surface area (Å²) in [6, 6.07) is 2.61. The van der Waals surface area contributed by atoms with Gasteiger partial charge >= 0.3 is 5.97 Å². The van der Waals surface area contributed by atoms with Crippen LogP contribution in [0.5, 0.6) is 5.75 Å². The normalized spacial score (nSPS) is 25.5. The zero-order valence-corrected chi connectivity index (χ0v) is 29.5. The molecule has 46 heavy (non-hydrogen) atoms. The summed E-state index contributed by atoms with van der Waals surface area (Å²) in [5.41, 5.74) is 5.40. The molecule has 0 spiro atoms. The van der Waals surface area contributed by atoms with E-state index in [0.717, 1.165) is 4.90 Å². The number of aliphatic hydroxyl groups excluding tert-OH is 3. The number of hydrogen-bond donors (Lipinski definition) is 7. The Labute approximate surface area is 288 Å². The number of aliphatic hydroxyl groups is 3. The fourth-order valence-electron chi connectivity index (χ4n) is 4.87. The van der Waals surface area contributed by atoms with Crippen molar-refractivity contribution in [2.75, 3.05) is 18.4 Å². The number of imide groups is 1. The van der Waals surface area contributed by atoms with Crippen LogP contribution in [0.1, 0.15) is 40.5 Å². The quantitative estimate of drug-likeness (QED) is 0.0871. The van der Waals surface area contributed by atoms with Crippen molar-refractivity contribution in [3.63, 3.8) is 0 Å². The van der Waals surface area contributed by atoms with Crippen molar-refractivity contribution in [1.82, 2.24) is 10.2 Å². The molecule has 2 aliphatic rings. The minimum Gasteiger partial charge on any atom is -0.479 e. The summed E-state index contributed by atoms with van der Waals surface area (Å²) < 4.78 is 22.2. The largest absolute Gasteiger partial charge is 0.479 e. The van der Waals surface area contributed by atoms with Crippen molar-refractivity contribution < 1.29 is 95.9 Å². The molecule has 1 aromatic carbocycles. The minimum absolute atomic E-state index is 0. The number of benzene rings is 1. The van der Waals surface area contributed by atoms with E-state index in [9.17, 15) is 49.2 Å². The van der Waals surface area contributed by atoms with Gasteiger partial charge in [-0.1, -0.05) is 26.8 Å². The first-order valence-corrected chi connectivity index (χ1v) is 13.9. The first-order chi connectivity index (χ1) is 21.5. The van der Waals surface area contributed by atoms with E-state index in [4.69, 9.17) is 16.6 Å². The summed E-state index contributed by atoms with van der Waals surface area (Å²) in [7, 11) is 0. The monoisotopic (exact) mass is 877 g/mol. The second-order valence-electron chi connectivity index (χ2n) is 11.6. The van der Waals surface area contributed by atoms with Crippen molar-refractivity contribution in [1.29, 1.82) is 0 Å². The van der Waals surface area contributed by atoms with Gasteiger partial charge in [0.15, 0.2) is 7.47 Å². The summed E-state index contributed by atoms with van der Waals surface area (Å²) in [5, 5.41) is 44.6. The number of carbonyl (C=O) groups is 6. The van der Waals surface area contributed by atoms with Gasteiger partial charge in [0.05, 0.1) is 11.6 Å². The molecule has 17 nitrogen and oxygen atoms in total. The molecule has 18 heteroatoms. The van der Waals surface area contributed by atoms with Gasteiger partial charge in [-0.15, -0.1) is 0 Å². The number of aliphatic carboxylic acids is 1. The Morgan fingerprint density at radius 3 is 2.43 bits per heavy atom. The number of nitrogens with two attached hydrogens (primary N) is 1. The molecule has 2 fully saturated rings. The van der Waals surface area contributed by atoms with E-state index in [1.54, 1.807) is 20.8 Å². The molecule has 7 atom stereocenters. The SMILES string of the molecule is [2H]C(=O)OCc1ccc(O[C@@H]2O[C@H](C(=O)O)[C@@H](O)[C@H](O)[C@H]2O)c(NC(=O)CCNC(=O)[C@H](CN)N2C(=O)CC(C(C)(C)C)C2=O)c1.[U]. The molecule has 0 aliphatic carbocycles. The zero-order valence-electron chi connectivity index (χ0n) is 26.3. The van der Waals surface area contributed by atoms with Crippen LogP contribution in [-0.4, -0.2) is 111 Å². The number of carboxylic acid groups (broad SMARTS) is 1. The molecular weight excluding hydrogens is 838 g/mol. The summed E-state index contributed by atoms with van der Waals surface area (Å²) in [4.78, 5) is 74.5. The van der Waals surface area contributed by atoms with E-state index < -0.39 is 84.1 Å². The van der Waals surface area contributed by atoms with Crippen LogP contribution in [-0.2, 0) is 44.8 Å². The number of carbonyl (C=O) groups excluding carboxylic acids is 5. The number of nitrogens with one attached hydrogen (secondary N) is 2. The third-order valence-electron chi connectivity index (χ3n) is 7.39. The van der Waals surface area contributed by atoms with Crippen LogP contribution in [0.3, 0.4) is 0 Å². The summed E-state index contributed by atoms with van der Waals surface area (Å²) in [6.07, 6.45) is -11.3. The van der Waals surface area contributed by atoms with Crippen LogP contribution < -0.4 is 21.1 Å². The average Bonchev–Trinajstić information content (AvgIpc) is 3.27. The van der Waals surface area contributed by atoms with Gasteiger partial charge in [0, 0.05) is 57.0 Å². The standard InChI is InChI=1S/C28H38N4O13.U/c1-28(2,3)14-9-19(35)32(25(14)40)16(10-29)24(39)30-7-6-18(34)31-15-8-13(11-43-12-33)4-5-17(15)44-27-22(38)20(36)21(37)23(45-27)26(41)42;/h4-5,8,12,14,16,20-23,27,36-38H,6-7,9-11,29H2,1-3H3,(H,30,39)(H,31,34)(H,41,42);/t14?,16-,20-,21-,22+,23-,27+;/m0./s1/i12D;. The predicted molar refractivity (Wildman–Crippen MR) is 151 cm³/mol. The van der Waals surface area contributed by atoms with E-state index in [-0.39, 0.29) is 80.7 Å². The Bertz CT molecular complexity index is 1360. The number of anilines is 1. The number of nitrogens with zero attached hydrogens (tertiary/aromatic N) is 1. The van der Waals surface area contributed by atoms with Crippen molar-refractivity contribution in [3.05, 3.63) is 23.8 Å². The molecule has 0 radical (unpaired) electrons. The number of amides is 4. The average molecular weight is 878 g/mol. The maximum absolute atomic E-state index is 12.9. The number of rotatable bonds is 12. The van der Waals surface area contributed by atoms with Gasteiger partial charge in [-0.25, -0.2) is 4.79 Å². The number of hydrogen-bond acceptors (Lipinski definition) is 13. The van der Waals surface area contributed by atoms with Crippen LogP contribution in [0, 0.1) is 42.4 Å². The van der Waals surface area contributed by atoms with Crippen molar-refractivity contribution in [2.45, 2.75) is 77.0 Å². The Morgan fingerprint density at radius 2 is 1.87 bits per heavy atom. The molecule has 2 heterocycles. The molecular formula is C28H38N4O13U. The molecule has 3 rings (SSSR count). The maximum Gasteiger partial charge on any atom is 0.335 e. The molecule has 0 saturated carbocycles. The first kappa shape index (κ1) is 37.4. The fourth-order valence-corrected chi connectivity index (χ4v) is 4.87. The molecule has 1 aromatic rings. The Kier molecular flexibility index (Phi) is 13.5. The van der Waals surface area contributed by atoms with Crippen LogP contribution in [0.2, 0.25) is 0 Å². The molecule has 1 unspecified atom stereocenters. The van der Waals surface area contributed by atoms with Crippen molar-refractivity contribution in [2.24, 2.45) is 17.1 Å². The van der Waals surface area contributed by atoms with Crippen LogP contribution in [0.15, 0.2) is 18.2 Å². The predicted octanol–water partition coefficient (Wildman–Crippen LogP) is -2.18. The van der Waals surface area contributed by atoms with Gasteiger partial charge in [-0.2, -0.15) is 0 Å². The fraction of sp³-hybridized carbons (Fsp3) is 0.571. The number of carboxylic acids is 1. The third kappa shape index (κ3) is 9.25. The number of likely N-dealkylation sites (tertiary alicyclic amines) is 1. The second-order valence-corrected chi connectivity index (χ2v) is 11.6. The molecule has 0 aromatic heterocycles. The van der Waals surface area contributed by atoms with Crippen molar-refractivity contribution in [3.8, 4) is 5.75 Å². The van der Waals surface area contributed by atoms with Gasteiger partial charge < -0.3 is 51.0 Å². The van der Waals surface area contributed by atoms with Crippen LogP contribution in [0.25, 0.3) is 0 Å². The minimum atomic E-state index is -1.97. The van der Waals surface area contributed by atoms with Gasteiger partial charge in [-0.05, 0) is 23.1 Å². The molecule has 8 N–H and O–H groups in total.